The van der Waals surface area contributed by atoms with Gasteiger partial charge in [-0.3, -0.25) is 0 Å². The second kappa shape index (κ2) is 6.09. The minimum absolute atomic E-state index is 0.245. The van der Waals surface area contributed by atoms with E-state index in [9.17, 15) is 0 Å². The summed E-state index contributed by atoms with van der Waals surface area (Å²) in [4.78, 5) is 0. The van der Waals surface area contributed by atoms with Gasteiger partial charge < -0.3 is 5.73 Å². The summed E-state index contributed by atoms with van der Waals surface area (Å²) >= 11 is 0. The van der Waals surface area contributed by atoms with Gasteiger partial charge in [0.25, 0.3) is 0 Å². The van der Waals surface area contributed by atoms with E-state index >= 15 is 0 Å². The van der Waals surface area contributed by atoms with Crippen molar-refractivity contribution in [1.29, 1.82) is 0 Å². The lowest BCUT2D eigenvalue weighted by Gasteiger charge is -2.26. The monoisotopic (exact) mass is 259 g/mol. The predicted molar refractivity (Wildman–Crippen MR) is 83.5 cm³/mol. The first kappa shape index (κ1) is 14.6. The van der Waals surface area contributed by atoms with Crippen LogP contribution in [0.15, 0.2) is 24.3 Å². The molecular formula is C18H29N. The molecule has 0 saturated heterocycles. The maximum atomic E-state index is 6.00. The van der Waals surface area contributed by atoms with Crippen molar-refractivity contribution >= 4 is 0 Å². The maximum Gasteiger partial charge on any atom is -0.00430 e. The summed E-state index contributed by atoms with van der Waals surface area (Å²) in [7, 11) is 0. The van der Waals surface area contributed by atoms with Crippen LogP contribution in [0, 0.1) is 5.92 Å². The zero-order valence-electron chi connectivity index (χ0n) is 12.8. The van der Waals surface area contributed by atoms with Crippen molar-refractivity contribution in [3.8, 4) is 0 Å². The molecule has 1 fully saturated rings. The average Bonchev–Trinajstić information content (AvgIpc) is 2.62. The average molecular weight is 259 g/mol. The smallest absolute Gasteiger partial charge is 0.00430 e. The van der Waals surface area contributed by atoms with E-state index in [4.69, 9.17) is 5.73 Å². The van der Waals surface area contributed by atoms with Crippen molar-refractivity contribution < 1.29 is 0 Å². The van der Waals surface area contributed by atoms with Crippen LogP contribution >= 0.6 is 0 Å². The van der Waals surface area contributed by atoms with Crippen LogP contribution in [0.2, 0.25) is 0 Å². The highest BCUT2D eigenvalue weighted by Gasteiger charge is 2.24. The van der Waals surface area contributed by atoms with Gasteiger partial charge in [-0.25, -0.2) is 0 Å². The quantitative estimate of drug-likeness (QED) is 0.771. The Kier molecular flexibility index (Phi) is 4.67. The predicted octanol–water partition coefficient (Wildman–Crippen LogP) is 4.61. The molecule has 1 nitrogen and oxygen atoms in total. The van der Waals surface area contributed by atoms with Gasteiger partial charge in [0.1, 0.15) is 0 Å². The van der Waals surface area contributed by atoms with Gasteiger partial charge in [-0.1, -0.05) is 64.3 Å². The third kappa shape index (κ3) is 3.60. The zero-order chi connectivity index (χ0) is 13.9. The largest absolute Gasteiger partial charge is 0.330 e. The van der Waals surface area contributed by atoms with Crippen molar-refractivity contribution in [3.63, 3.8) is 0 Å². The number of hydrogen-bond acceptors (Lipinski definition) is 1. The first-order valence-corrected chi connectivity index (χ1v) is 7.83. The molecule has 1 aliphatic carbocycles. The van der Waals surface area contributed by atoms with E-state index in [-0.39, 0.29) is 5.41 Å². The Labute approximate surface area is 118 Å². The van der Waals surface area contributed by atoms with Crippen molar-refractivity contribution in [3.05, 3.63) is 35.4 Å². The number of benzene rings is 1. The van der Waals surface area contributed by atoms with Gasteiger partial charge in [-0.2, -0.15) is 0 Å². The molecule has 0 aromatic heterocycles. The van der Waals surface area contributed by atoms with E-state index in [0.717, 1.165) is 6.54 Å². The molecule has 2 N–H and O–H groups in total. The minimum atomic E-state index is 0.245. The van der Waals surface area contributed by atoms with E-state index in [0.29, 0.717) is 11.8 Å². The van der Waals surface area contributed by atoms with Crippen molar-refractivity contribution in [2.24, 2.45) is 11.7 Å². The Bertz CT molecular complexity index is 385. The second-order valence-electron chi connectivity index (χ2n) is 7.11. The Morgan fingerprint density at radius 3 is 2.21 bits per heavy atom. The molecule has 2 rings (SSSR count). The molecular weight excluding hydrogens is 230 g/mol. The zero-order valence-corrected chi connectivity index (χ0v) is 12.8. The lowest BCUT2D eigenvalue weighted by Crippen LogP contribution is -2.21. The van der Waals surface area contributed by atoms with Crippen LogP contribution in [0.3, 0.4) is 0 Å². The normalized spacial score (nSPS) is 25.1. The summed E-state index contributed by atoms with van der Waals surface area (Å²) in [5.74, 6) is 1.37. The van der Waals surface area contributed by atoms with E-state index < -0.39 is 0 Å². The van der Waals surface area contributed by atoms with Gasteiger partial charge in [-0.15, -0.1) is 0 Å². The summed E-state index contributed by atoms with van der Waals surface area (Å²) < 4.78 is 0. The number of nitrogens with two attached hydrogens (primary N) is 1. The van der Waals surface area contributed by atoms with Crippen LogP contribution in [0.25, 0.3) is 0 Å². The van der Waals surface area contributed by atoms with Crippen molar-refractivity contribution in [2.75, 3.05) is 6.54 Å². The van der Waals surface area contributed by atoms with Gasteiger partial charge in [0.05, 0.1) is 0 Å². The van der Waals surface area contributed by atoms with Gasteiger partial charge in [0, 0.05) is 0 Å². The van der Waals surface area contributed by atoms with E-state index in [1.807, 2.05) is 0 Å². The fraction of sp³-hybridized carbons (Fsp3) is 0.667. The van der Waals surface area contributed by atoms with E-state index in [2.05, 4.69) is 45.0 Å². The van der Waals surface area contributed by atoms with E-state index in [1.54, 1.807) is 0 Å². The molecule has 2 unspecified atom stereocenters. The Hall–Kier alpha value is -0.820. The molecule has 0 spiro atoms. The SMILES string of the molecule is CC(C)(C)c1ccc(C2CCCCCC2CN)cc1. The molecule has 1 aromatic carbocycles. The fourth-order valence-electron chi connectivity index (χ4n) is 3.34. The highest BCUT2D eigenvalue weighted by molar-refractivity contribution is 5.30. The lowest BCUT2D eigenvalue weighted by atomic mass is 9.80. The highest BCUT2D eigenvalue weighted by Crippen LogP contribution is 2.36. The second-order valence-corrected chi connectivity index (χ2v) is 7.11. The minimum Gasteiger partial charge on any atom is -0.330 e. The molecule has 19 heavy (non-hydrogen) atoms. The molecule has 1 aromatic rings. The lowest BCUT2D eigenvalue weighted by molar-refractivity contribution is 0.408. The summed E-state index contributed by atoms with van der Waals surface area (Å²) in [6.45, 7) is 7.66. The molecule has 0 heterocycles. The van der Waals surface area contributed by atoms with Crippen molar-refractivity contribution in [2.45, 2.75) is 64.2 Å². The molecule has 1 saturated carbocycles. The summed E-state index contributed by atoms with van der Waals surface area (Å²) in [6, 6.07) is 9.32. The van der Waals surface area contributed by atoms with E-state index in [1.165, 1.54) is 43.2 Å². The van der Waals surface area contributed by atoms with Gasteiger partial charge in [0.2, 0.25) is 0 Å². The van der Waals surface area contributed by atoms with Gasteiger partial charge in [-0.05, 0) is 47.8 Å². The molecule has 0 radical (unpaired) electrons. The number of rotatable bonds is 2. The van der Waals surface area contributed by atoms with Crippen LogP contribution < -0.4 is 5.73 Å². The molecule has 0 aliphatic heterocycles. The van der Waals surface area contributed by atoms with Crippen molar-refractivity contribution in [1.82, 2.24) is 0 Å². The van der Waals surface area contributed by atoms with Gasteiger partial charge in [0.15, 0.2) is 0 Å². The Balaban J connectivity index is 2.19. The molecule has 2 atom stereocenters. The van der Waals surface area contributed by atoms with Crippen LogP contribution in [0.4, 0.5) is 0 Å². The third-order valence-electron chi connectivity index (χ3n) is 4.67. The van der Waals surface area contributed by atoms with Crippen LogP contribution in [0.1, 0.15) is 69.9 Å². The molecule has 0 bridgehead atoms. The van der Waals surface area contributed by atoms with Crippen LogP contribution in [-0.4, -0.2) is 6.54 Å². The van der Waals surface area contributed by atoms with Crippen LogP contribution in [0.5, 0.6) is 0 Å². The number of hydrogen-bond donors (Lipinski definition) is 1. The summed E-state index contributed by atoms with van der Waals surface area (Å²) in [5, 5.41) is 0. The molecule has 106 valence electrons. The maximum absolute atomic E-state index is 6.00. The fourth-order valence-corrected chi connectivity index (χ4v) is 3.34. The summed E-state index contributed by atoms with van der Waals surface area (Å²) in [5.41, 5.74) is 9.17. The highest BCUT2D eigenvalue weighted by atomic mass is 14.6. The topological polar surface area (TPSA) is 26.0 Å². The Morgan fingerprint density at radius 2 is 1.63 bits per heavy atom. The first-order chi connectivity index (χ1) is 9.02. The van der Waals surface area contributed by atoms with Gasteiger partial charge >= 0.3 is 0 Å². The standard InChI is InChI=1S/C18H29N/c1-18(2,3)16-11-9-14(10-12-16)17-8-6-4-5-7-15(17)13-19/h9-12,15,17H,4-8,13,19H2,1-3H3. The Morgan fingerprint density at radius 1 is 1.00 bits per heavy atom. The first-order valence-electron chi connectivity index (χ1n) is 7.83. The third-order valence-corrected chi connectivity index (χ3v) is 4.67. The molecule has 0 amide bonds. The van der Waals surface area contributed by atoms with Crippen LogP contribution in [-0.2, 0) is 5.41 Å². The molecule has 1 heteroatoms. The summed E-state index contributed by atoms with van der Waals surface area (Å²) in [6.07, 6.45) is 6.73. The molecule has 1 aliphatic rings.